The third-order valence-electron chi connectivity index (χ3n) is 4.26. The zero-order valence-corrected chi connectivity index (χ0v) is 14.0. The molecule has 0 N–H and O–H groups in total. The minimum Gasteiger partial charge on any atom is -0.444 e. The molecule has 0 bridgehead atoms. The Labute approximate surface area is 143 Å². The second kappa shape index (κ2) is 6.60. The van der Waals surface area contributed by atoms with Crippen LogP contribution < -0.4 is 0 Å². The van der Waals surface area contributed by atoms with E-state index in [-0.39, 0.29) is 18.4 Å². The van der Waals surface area contributed by atoms with Crippen LogP contribution in [0.15, 0.2) is 46.7 Å². The Morgan fingerprint density at radius 1 is 1.42 bits per heavy atom. The number of aromatic nitrogens is 3. The fourth-order valence-electron chi connectivity index (χ4n) is 3.06. The molecule has 0 aromatic carbocycles. The number of oxazole rings is 1. The van der Waals surface area contributed by atoms with Crippen LogP contribution in [0.4, 0.5) is 0 Å². The van der Waals surface area contributed by atoms with Crippen LogP contribution in [0.25, 0.3) is 10.8 Å². The average Bonchev–Trinajstić information content (AvgIpc) is 3.36. The molecule has 4 rings (SSSR count). The number of thiophene rings is 1. The molecule has 1 atom stereocenters. The molecular formula is C17H18N4O2S. The van der Waals surface area contributed by atoms with Gasteiger partial charge < -0.3 is 9.32 Å². The molecule has 7 heteroatoms. The van der Waals surface area contributed by atoms with E-state index in [0.29, 0.717) is 18.1 Å². The Morgan fingerprint density at radius 2 is 2.38 bits per heavy atom. The summed E-state index contributed by atoms with van der Waals surface area (Å²) in [5.74, 6) is 0.679. The Balaban J connectivity index is 1.41. The highest BCUT2D eigenvalue weighted by molar-refractivity contribution is 7.13. The zero-order chi connectivity index (χ0) is 16.4. The van der Waals surface area contributed by atoms with Gasteiger partial charge in [-0.05, 0) is 30.4 Å². The lowest BCUT2D eigenvalue weighted by atomic mass is 10.1. The summed E-state index contributed by atoms with van der Waals surface area (Å²) in [6.45, 7) is 1.50. The quantitative estimate of drug-likeness (QED) is 0.731. The molecule has 0 aliphatic carbocycles. The summed E-state index contributed by atoms with van der Waals surface area (Å²) in [5, 5.41) is 6.28. The second-order valence-corrected chi connectivity index (χ2v) is 6.87. The highest BCUT2D eigenvalue weighted by Crippen LogP contribution is 2.25. The average molecular weight is 342 g/mol. The number of amides is 1. The zero-order valence-electron chi connectivity index (χ0n) is 13.2. The van der Waals surface area contributed by atoms with E-state index in [1.807, 2.05) is 39.4 Å². The number of nitrogens with zero attached hydrogens (tertiary/aromatic N) is 4. The molecule has 4 heterocycles. The fraction of sp³-hybridized carbons (Fsp3) is 0.353. The molecule has 0 saturated carbocycles. The molecule has 124 valence electrons. The third kappa shape index (κ3) is 3.12. The predicted molar refractivity (Wildman–Crippen MR) is 90.6 cm³/mol. The fourth-order valence-corrected chi connectivity index (χ4v) is 3.72. The van der Waals surface area contributed by atoms with Crippen LogP contribution in [0.3, 0.4) is 0 Å². The van der Waals surface area contributed by atoms with Crippen molar-refractivity contribution in [1.82, 2.24) is 19.7 Å². The number of piperidine rings is 1. The predicted octanol–water partition coefficient (Wildman–Crippen LogP) is 3.01. The Hall–Kier alpha value is -2.41. The van der Waals surface area contributed by atoms with Crippen molar-refractivity contribution in [3.63, 3.8) is 0 Å². The molecule has 1 aliphatic heterocycles. The normalized spacial score (nSPS) is 18.0. The van der Waals surface area contributed by atoms with Crippen molar-refractivity contribution < 1.29 is 9.21 Å². The van der Waals surface area contributed by atoms with Gasteiger partial charge in [-0.15, -0.1) is 11.3 Å². The summed E-state index contributed by atoms with van der Waals surface area (Å²) >= 11 is 1.57. The minimum atomic E-state index is 0.0953. The summed E-state index contributed by atoms with van der Waals surface area (Å²) in [7, 11) is 0. The Kier molecular flexibility index (Phi) is 4.17. The van der Waals surface area contributed by atoms with E-state index < -0.39 is 0 Å². The van der Waals surface area contributed by atoms with Gasteiger partial charge in [0.2, 0.25) is 11.8 Å². The smallest absolute Gasteiger partial charge is 0.236 e. The second-order valence-electron chi connectivity index (χ2n) is 5.92. The van der Waals surface area contributed by atoms with Gasteiger partial charge in [0.25, 0.3) is 0 Å². The van der Waals surface area contributed by atoms with E-state index in [1.54, 1.807) is 23.8 Å². The van der Waals surface area contributed by atoms with Crippen LogP contribution in [-0.4, -0.2) is 38.7 Å². The van der Waals surface area contributed by atoms with E-state index in [0.717, 1.165) is 24.3 Å². The van der Waals surface area contributed by atoms with Gasteiger partial charge in [-0.25, -0.2) is 4.98 Å². The van der Waals surface area contributed by atoms with Gasteiger partial charge in [-0.1, -0.05) is 6.07 Å². The third-order valence-corrected chi connectivity index (χ3v) is 5.12. The first-order valence-corrected chi connectivity index (χ1v) is 8.93. The molecule has 1 amide bonds. The molecule has 3 aromatic heterocycles. The van der Waals surface area contributed by atoms with E-state index >= 15 is 0 Å². The summed E-state index contributed by atoms with van der Waals surface area (Å²) < 4.78 is 7.44. The number of carbonyl (C=O) groups excluding carboxylic acids is 1. The first-order valence-electron chi connectivity index (χ1n) is 8.05. The molecule has 1 aliphatic rings. The summed E-state index contributed by atoms with van der Waals surface area (Å²) in [6, 6.07) is 6.10. The molecule has 1 fully saturated rings. The lowest BCUT2D eigenvalue weighted by Gasteiger charge is -2.32. The SMILES string of the molecule is O=C(Cc1coc(-c2cccs2)n1)N1CCC[C@H](n2cccn2)C1. The molecule has 0 unspecified atom stereocenters. The highest BCUT2D eigenvalue weighted by atomic mass is 32.1. The van der Waals surface area contributed by atoms with Crippen molar-refractivity contribution in [2.75, 3.05) is 13.1 Å². The van der Waals surface area contributed by atoms with Gasteiger partial charge >= 0.3 is 0 Å². The van der Waals surface area contributed by atoms with Gasteiger partial charge in [-0.2, -0.15) is 5.10 Å². The summed E-state index contributed by atoms with van der Waals surface area (Å²) in [6.07, 6.45) is 7.65. The van der Waals surface area contributed by atoms with Gasteiger partial charge in [0.15, 0.2) is 0 Å². The monoisotopic (exact) mass is 342 g/mol. The molecule has 0 spiro atoms. The van der Waals surface area contributed by atoms with Crippen molar-refractivity contribution in [1.29, 1.82) is 0 Å². The van der Waals surface area contributed by atoms with Crippen LogP contribution in [0.5, 0.6) is 0 Å². The first kappa shape index (κ1) is 15.1. The molecule has 24 heavy (non-hydrogen) atoms. The maximum atomic E-state index is 12.6. The molecular weight excluding hydrogens is 324 g/mol. The van der Waals surface area contributed by atoms with Gasteiger partial charge in [0.1, 0.15) is 6.26 Å². The van der Waals surface area contributed by atoms with Crippen LogP contribution in [0.2, 0.25) is 0 Å². The lowest BCUT2D eigenvalue weighted by Crippen LogP contribution is -2.41. The van der Waals surface area contributed by atoms with Crippen LogP contribution in [-0.2, 0) is 11.2 Å². The van der Waals surface area contributed by atoms with Crippen molar-refractivity contribution >= 4 is 17.2 Å². The number of rotatable bonds is 4. The lowest BCUT2D eigenvalue weighted by molar-refractivity contribution is -0.132. The summed E-state index contributed by atoms with van der Waals surface area (Å²) in [4.78, 5) is 19.9. The van der Waals surface area contributed by atoms with E-state index in [4.69, 9.17) is 4.42 Å². The molecule has 0 radical (unpaired) electrons. The van der Waals surface area contributed by atoms with Crippen molar-refractivity contribution in [2.45, 2.75) is 25.3 Å². The topological polar surface area (TPSA) is 64.2 Å². The maximum Gasteiger partial charge on any atom is 0.236 e. The standard InChI is InChI=1S/C17H18N4O2S/c22-16(10-13-12-23-17(19-13)15-5-2-9-24-15)20-7-1-4-14(11-20)21-8-3-6-18-21/h2-3,5-6,8-9,12,14H,1,4,7,10-11H2/t14-/m0/s1. The van der Waals surface area contributed by atoms with Crippen LogP contribution in [0.1, 0.15) is 24.6 Å². The van der Waals surface area contributed by atoms with E-state index in [1.165, 1.54) is 0 Å². The van der Waals surface area contributed by atoms with Gasteiger partial charge in [0.05, 0.1) is 23.0 Å². The largest absolute Gasteiger partial charge is 0.444 e. The maximum absolute atomic E-state index is 12.6. The van der Waals surface area contributed by atoms with Crippen molar-refractivity contribution in [3.8, 4) is 10.8 Å². The number of hydrogen-bond acceptors (Lipinski definition) is 5. The van der Waals surface area contributed by atoms with Crippen molar-refractivity contribution in [2.24, 2.45) is 0 Å². The number of likely N-dealkylation sites (tertiary alicyclic amines) is 1. The number of carbonyl (C=O) groups is 1. The van der Waals surface area contributed by atoms with Gasteiger partial charge in [0, 0.05) is 25.5 Å². The van der Waals surface area contributed by atoms with E-state index in [2.05, 4.69) is 10.1 Å². The molecule has 6 nitrogen and oxygen atoms in total. The van der Waals surface area contributed by atoms with Crippen molar-refractivity contribution in [3.05, 3.63) is 47.9 Å². The first-order chi connectivity index (χ1) is 11.8. The Morgan fingerprint density at radius 3 is 3.17 bits per heavy atom. The summed E-state index contributed by atoms with van der Waals surface area (Å²) in [5.41, 5.74) is 0.685. The van der Waals surface area contributed by atoms with Crippen LogP contribution in [0, 0.1) is 0 Å². The number of hydrogen-bond donors (Lipinski definition) is 0. The van der Waals surface area contributed by atoms with Gasteiger partial charge in [-0.3, -0.25) is 9.48 Å². The molecule has 1 saturated heterocycles. The molecule has 3 aromatic rings. The Bertz CT molecular complexity index is 795. The van der Waals surface area contributed by atoms with Crippen LogP contribution >= 0.6 is 11.3 Å². The van der Waals surface area contributed by atoms with E-state index in [9.17, 15) is 4.79 Å². The highest BCUT2D eigenvalue weighted by Gasteiger charge is 2.25. The minimum absolute atomic E-state index is 0.0953.